The second-order valence-electron chi connectivity index (χ2n) is 13.3. The average Bonchev–Trinajstić information content (AvgIpc) is 3.60. The number of nitrogens with zero attached hydrogens (tertiary/aromatic N) is 1. The van der Waals surface area contributed by atoms with Gasteiger partial charge in [-0.25, -0.2) is 0 Å². The van der Waals surface area contributed by atoms with Crippen molar-refractivity contribution >= 4 is 70.1 Å². The van der Waals surface area contributed by atoms with Crippen LogP contribution in [0.25, 0.3) is 75.1 Å². The maximum Gasteiger partial charge on any atom is 0.0467 e. The second kappa shape index (κ2) is 12.7. The van der Waals surface area contributed by atoms with Crippen molar-refractivity contribution < 1.29 is 0 Å². The number of hydrogen-bond donors (Lipinski definition) is 0. The molecule has 0 bridgehead atoms. The summed E-state index contributed by atoms with van der Waals surface area (Å²) in [7, 11) is 0. The Morgan fingerprint density at radius 1 is 0.308 bits per heavy atom. The SMILES string of the molecule is c1ccc(-c2ccc(N(c3ccc(-c4cc5c6ccccc6sc5c5ccccc45)cc3)c3cccc(-c4cccc5ccccc45)c3)cc2)cc1. The van der Waals surface area contributed by atoms with Gasteiger partial charge in [-0.2, -0.15) is 0 Å². The second-order valence-corrected chi connectivity index (χ2v) is 14.4. The molecule has 0 spiro atoms. The van der Waals surface area contributed by atoms with E-state index in [1.165, 1.54) is 75.1 Å². The molecule has 10 rings (SSSR count). The standard InChI is InChI=1S/C50H33NS/c1-2-12-34(13-3-1)35-24-28-39(29-25-35)51(41-17-10-16-38(32-41)43-22-11-15-36-14-4-5-18-42(36)43)40-30-26-37(27-31-40)47-33-48-45-20-8-9-23-49(45)52-50(48)46-21-7-6-19-44(46)47/h1-33H. The van der Waals surface area contributed by atoms with E-state index in [1.54, 1.807) is 0 Å². The maximum atomic E-state index is 2.40. The molecule has 0 saturated carbocycles. The zero-order chi connectivity index (χ0) is 34.4. The molecule has 0 atom stereocenters. The van der Waals surface area contributed by atoms with Gasteiger partial charge >= 0.3 is 0 Å². The zero-order valence-corrected chi connectivity index (χ0v) is 29.2. The largest absolute Gasteiger partial charge is 0.310 e. The van der Waals surface area contributed by atoms with Gasteiger partial charge in [-0.3, -0.25) is 0 Å². The van der Waals surface area contributed by atoms with E-state index in [1.807, 2.05) is 11.3 Å². The lowest BCUT2D eigenvalue weighted by atomic mass is 9.95. The van der Waals surface area contributed by atoms with Crippen LogP contribution in [0.15, 0.2) is 200 Å². The molecule has 0 radical (unpaired) electrons. The van der Waals surface area contributed by atoms with E-state index in [4.69, 9.17) is 0 Å². The van der Waals surface area contributed by atoms with Crippen LogP contribution in [-0.4, -0.2) is 0 Å². The number of anilines is 3. The lowest BCUT2D eigenvalue weighted by molar-refractivity contribution is 1.28. The quantitative estimate of drug-likeness (QED) is 0.169. The summed E-state index contributed by atoms with van der Waals surface area (Å²) in [5, 5.41) is 7.74. The van der Waals surface area contributed by atoms with E-state index in [0.29, 0.717) is 0 Å². The molecule has 0 unspecified atom stereocenters. The molecule has 244 valence electrons. The van der Waals surface area contributed by atoms with Crippen LogP contribution in [0.1, 0.15) is 0 Å². The van der Waals surface area contributed by atoms with Gasteiger partial charge in [-0.1, -0.05) is 152 Å². The van der Waals surface area contributed by atoms with Gasteiger partial charge in [0.25, 0.3) is 0 Å². The summed E-state index contributed by atoms with van der Waals surface area (Å²) in [6.07, 6.45) is 0. The lowest BCUT2D eigenvalue weighted by Crippen LogP contribution is -2.10. The Balaban J connectivity index is 1.11. The highest BCUT2D eigenvalue weighted by Gasteiger charge is 2.17. The topological polar surface area (TPSA) is 3.24 Å². The fourth-order valence-corrected chi connectivity index (χ4v) is 8.97. The smallest absolute Gasteiger partial charge is 0.0467 e. The molecule has 0 amide bonds. The first-order valence-corrected chi connectivity index (χ1v) is 18.6. The highest BCUT2D eigenvalue weighted by Crippen LogP contribution is 2.44. The predicted octanol–water partition coefficient (Wildman–Crippen LogP) is 14.8. The molecule has 1 nitrogen and oxygen atoms in total. The van der Waals surface area contributed by atoms with Gasteiger partial charge in [0.05, 0.1) is 0 Å². The third-order valence-corrected chi connectivity index (χ3v) is 11.5. The number of rotatable bonds is 6. The zero-order valence-electron chi connectivity index (χ0n) is 28.4. The van der Waals surface area contributed by atoms with Crippen LogP contribution in [-0.2, 0) is 0 Å². The summed E-state index contributed by atoms with van der Waals surface area (Å²) in [6.45, 7) is 0. The fourth-order valence-electron chi connectivity index (χ4n) is 7.75. The first-order valence-electron chi connectivity index (χ1n) is 17.8. The van der Waals surface area contributed by atoms with Crippen molar-refractivity contribution in [3.05, 3.63) is 200 Å². The minimum absolute atomic E-state index is 1.11. The lowest BCUT2D eigenvalue weighted by Gasteiger charge is -2.26. The van der Waals surface area contributed by atoms with Crippen molar-refractivity contribution in [1.29, 1.82) is 0 Å². The van der Waals surface area contributed by atoms with Crippen molar-refractivity contribution in [2.24, 2.45) is 0 Å². The molecular formula is C50H33NS. The third kappa shape index (κ3) is 5.24. The van der Waals surface area contributed by atoms with Crippen LogP contribution >= 0.6 is 11.3 Å². The van der Waals surface area contributed by atoms with Gasteiger partial charge in [-0.15, -0.1) is 11.3 Å². The Kier molecular flexibility index (Phi) is 7.41. The molecule has 0 saturated heterocycles. The Morgan fingerprint density at radius 3 is 1.67 bits per heavy atom. The molecule has 1 aromatic heterocycles. The van der Waals surface area contributed by atoms with Crippen LogP contribution < -0.4 is 4.90 Å². The first kappa shape index (κ1) is 30.4. The van der Waals surface area contributed by atoms with Gasteiger partial charge < -0.3 is 4.90 Å². The summed E-state index contributed by atoms with van der Waals surface area (Å²) >= 11 is 1.89. The normalized spacial score (nSPS) is 11.5. The summed E-state index contributed by atoms with van der Waals surface area (Å²) in [4.78, 5) is 2.38. The molecule has 0 fully saturated rings. The number of thiophene rings is 1. The summed E-state index contributed by atoms with van der Waals surface area (Å²) in [5.74, 6) is 0. The first-order chi connectivity index (χ1) is 25.8. The van der Waals surface area contributed by atoms with Crippen molar-refractivity contribution in [3.63, 3.8) is 0 Å². The summed E-state index contributed by atoms with van der Waals surface area (Å²) in [6, 6.07) is 72.8. The molecule has 9 aromatic carbocycles. The highest BCUT2D eigenvalue weighted by atomic mass is 32.1. The molecule has 0 aliphatic heterocycles. The number of fused-ring (bicyclic) bond motifs is 6. The van der Waals surface area contributed by atoms with Crippen molar-refractivity contribution in [2.45, 2.75) is 0 Å². The van der Waals surface area contributed by atoms with Crippen LogP contribution in [0.2, 0.25) is 0 Å². The highest BCUT2D eigenvalue weighted by molar-refractivity contribution is 7.26. The van der Waals surface area contributed by atoms with Gasteiger partial charge in [0.15, 0.2) is 0 Å². The molecule has 52 heavy (non-hydrogen) atoms. The molecule has 0 N–H and O–H groups in total. The van der Waals surface area contributed by atoms with E-state index in [2.05, 4.69) is 205 Å². The van der Waals surface area contributed by atoms with Crippen molar-refractivity contribution in [2.75, 3.05) is 4.90 Å². The van der Waals surface area contributed by atoms with Crippen molar-refractivity contribution in [3.8, 4) is 33.4 Å². The third-order valence-electron chi connectivity index (χ3n) is 10.3. The molecule has 0 aliphatic carbocycles. The van der Waals surface area contributed by atoms with E-state index >= 15 is 0 Å². The maximum absolute atomic E-state index is 2.40. The van der Waals surface area contributed by atoms with E-state index in [9.17, 15) is 0 Å². The minimum atomic E-state index is 1.11. The molecule has 0 aliphatic rings. The van der Waals surface area contributed by atoms with Crippen LogP contribution in [0.3, 0.4) is 0 Å². The van der Waals surface area contributed by atoms with Crippen LogP contribution in [0.5, 0.6) is 0 Å². The fraction of sp³-hybridized carbons (Fsp3) is 0. The van der Waals surface area contributed by atoms with Crippen LogP contribution in [0, 0.1) is 0 Å². The van der Waals surface area contributed by atoms with E-state index in [-0.39, 0.29) is 0 Å². The average molecular weight is 680 g/mol. The van der Waals surface area contributed by atoms with Gasteiger partial charge in [-0.05, 0) is 98.1 Å². The Bertz CT molecular complexity index is 2880. The minimum Gasteiger partial charge on any atom is -0.310 e. The molecule has 10 aromatic rings. The summed E-state index contributed by atoms with van der Waals surface area (Å²) < 4.78 is 2.68. The number of hydrogen-bond acceptors (Lipinski definition) is 2. The Labute approximate surface area is 307 Å². The summed E-state index contributed by atoms with van der Waals surface area (Å²) in [5.41, 5.74) is 10.6. The Hall–Kier alpha value is -6.48. The Morgan fingerprint density at radius 2 is 0.885 bits per heavy atom. The van der Waals surface area contributed by atoms with Gasteiger partial charge in [0.2, 0.25) is 0 Å². The van der Waals surface area contributed by atoms with Crippen LogP contribution in [0.4, 0.5) is 17.1 Å². The molecular weight excluding hydrogens is 647 g/mol. The van der Waals surface area contributed by atoms with Crippen molar-refractivity contribution in [1.82, 2.24) is 0 Å². The van der Waals surface area contributed by atoms with Gasteiger partial charge in [0.1, 0.15) is 0 Å². The molecule has 2 heteroatoms. The van der Waals surface area contributed by atoms with E-state index < -0.39 is 0 Å². The van der Waals surface area contributed by atoms with E-state index in [0.717, 1.165) is 17.1 Å². The molecule has 1 heterocycles. The van der Waals surface area contributed by atoms with Gasteiger partial charge in [0, 0.05) is 42.6 Å². The monoisotopic (exact) mass is 679 g/mol. The number of benzene rings is 9. The predicted molar refractivity (Wildman–Crippen MR) is 225 cm³/mol.